The van der Waals surface area contributed by atoms with Crippen molar-refractivity contribution in [1.82, 2.24) is 0 Å². The highest BCUT2D eigenvalue weighted by Crippen LogP contribution is 2.66. The maximum Gasteiger partial charge on any atom is 0.133 e. The minimum absolute atomic E-state index is 0.268. The van der Waals surface area contributed by atoms with Crippen molar-refractivity contribution in [2.24, 2.45) is 52.3 Å². The Kier molecular flexibility index (Phi) is 6.12. The third-order valence-corrected chi connectivity index (χ3v) is 10.5. The first-order valence-corrected chi connectivity index (χ1v) is 12.7. The lowest BCUT2D eigenvalue weighted by Gasteiger charge is -2.57. The molecule has 0 amide bonds. The summed E-state index contributed by atoms with van der Waals surface area (Å²) in [4.78, 5) is 12.1. The first-order valence-electron chi connectivity index (χ1n) is 12.7. The summed E-state index contributed by atoms with van der Waals surface area (Å²) in [6, 6.07) is 0. The van der Waals surface area contributed by atoms with Crippen molar-refractivity contribution >= 4 is 5.78 Å². The van der Waals surface area contributed by atoms with E-state index in [0.717, 1.165) is 43.4 Å². The Morgan fingerprint density at radius 3 is 2.53 bits per heavy atom. The smallest absolute Gasteiger partial charge is 0.133 e. The molecule has 0 spiro atoms. The van der Waals surface area contributed by atoms with Gasteiger partial charge in [0.25, 0.3) is 0 Å². The van der Waals surface area contributed by atoms with Crippen LogP contribution in [-0.4, -0.2) is 17.5 Å². The Hall–Kier alpha value is -0.890. The summed E-state index contributed by atoms with van der Waals surface area (Å²) in [5.74, 6) is 4.69. The van der Waals surface area contributed by atoms with Crippen molar-refractivity contribution < 1.29 is 9.90 Å². The van der Waals surface area contributed by atoms with E-state index in [1.807, 2.05) is 0 Å². The number of ketones is 1. The Labute approximate surface area is 184 Å². The van der Waals surface area contributed by atoms with Gasteiger partial charge in [0, 0.05) is 19.4 Å². The fraction of sp³-hybridized carbons (Fsp3) is 0.821. The summed E-state index contributed by atoms with van der Waals surface area (Å²) < 4.78 is 0. The van der Waals surface area contributed by atoms with Gasteiger partial charge in [0.1, 0.15) is 5.78 Å². The van der Waals surface area contributed by atoms with Crippen LogP contribution < -0.4 is 0 Å². The van der Waals surface area contributed by atoms with Gasteiger partial charge in [-0.1, -0.05) is 58.4 Å². The number of aliphatic hydroxyl groups is 1. The van der Waals surface area contributed by atoms with E-state index in [2.05, 4.69) is 52.8 Å². The van der Waals surface area contributed by atoms with E-state index in [0.29, 0.717) is 40.3 Å². The second-order valence-corrected chi connectivity index (χ2v) is 12.0. The molecule has 4 aliphatic rings. The van der Waals surface area contributed by atoms with E-state index >= 15 is 0 Å². The number of hydrogen-bond acceptors (Lipinski definition) is 2. The average Bonchev–Trinajstić information content (AvgIpc) is 3.09. The molecular weight excluding hydrogens is 368 g/mol. The van der Waals surface area contributed by atoms with Crippen LogP contribution in [0, 0.1) is 52.3 Å². The Bertz CT molecular complexity index is 720. The van der Waals surface area contributed by atoms with Crippen molar-refractivity contribution in [3.05, 3.63) is 23.8 Å². The topological polar surface area (TPSA) is 37.3 Å². The molecule has 0 aromatic rings. The minimum atomic E-state index is 0.268. The molecule has 4 aliphatic carbocycles. The molecule has 168 valence electrons. The predicted octanol–water partition coefficient (Wildman–Crippen LogP) is 6.59. The molecule has 1 N–H and O–H groups in total. The molecule has 0 aromatic heterocycles. The van der Waals surface area contributed by atoms with Crippen molar-refractivity contribution in [3.63, 3.8) is 0 Å². The Balaban J connectivity index is 1.52. The molecule has 4 rings (SSSR count). The van der Waals surface area contributed by atoms with Crippen LogP contribution in [0.1, 0.15) is 86.0 Å². The molecular formula is C28H44O2. The molecule has 0 heterocycles. The van der Waals surface area contributed by atoms with Gasteiger partial charge in [-0.15, -0.1) is 0 Å². The molecule has 0 radical (unpaired) electrons. The first kappa shape index (κ1) is 22.3. The maximum atomic E-state index is 12.1. The van der Waals surface area contributed by atoms with Crippen LogP contribution >= 0.6 is 0 Å². The summed E-state index contributed by atoms with van der Waals surface area (Å²) in [5, 5.41) is 9.45. The molecule has 2 heteroatoms. The van der Waals surface area contributed by atoms with E-state index in [-0.39, 0.29) is 6.61 Å². The van der Waals surface area contributed by atoms with Crippen LogP contribution in [0.2, 0.25) is 0 Å². The van der Waals surface area contributed by atoms with Gasteiger partial charge < -0.3 is 5.11 Å². The fourth-order valence-electron chi connectivity index (χ4n) is 8.05. The number of aliphatic hydroxyl groups excluding tert-OH is 1. The molecule has 9 atom stereocenters. The SMILES string of the molecule is C[C@H](/C=C/[C@H](C)[C@H](C)CO)[C@H]1CC[C@H]2C3=CCC4CC(=O)CC[C@]4(C)[C@H]3CC[C@]12C. The van der Waals surface area contributed by atoms with Crippen molar-refractivity contribution in [1.29, 1.82) is 0 Å². The third-order valence-electron chi connectivity index (χ3n) is 10.5. The summed E-state index contributed by atoms with van der Waals surface area (Å²) >= 11 is 0. The van der Waals surface area contributed by atoms with Gasteiger partial charge in [0.15, 0.2) is 0 Å². The lowest BCUT2D eigenvalue weighted by Crippen LogP contribution is -2.49. The number of hydrogen-bond donors (Lipinski definition) is 1. The van der Waals surface area contributed by atoms with Gasteiger partial charge in [-0.3, -0.25) is 4.79 Å². The standard InChI is InChI=1S/C28H44O2/c1-18(20(3)17-29)6-7-19(2)24-10-11-25-23-9-8-21-16-22(30)12-14-27(21,4)26(23)13-15-28(24,25)5/h6-7,9,18-21,24-26,29H,8,10-17H2,1-5H3/b7-6+/t18-,19+,20+,21?,24+,25-,26-,27-,28+/m0/s1. The molecule has 0 aliphatic heterocycles. The highest BCUT2D eigenvalue weighted by molar-refractivity contribution is 5.79. The van der Waals surface area contributed by atoms with Gasteiger partial charge in [0.05, 0.1) is 0 Å². The molecule has 30 heavy (non-hydrogen) atoms. The summed E-state index contributed by atoms with van der Waals surface area (Å²) in [6.07, 6.45) is 16.7. The van der Waals surface area contributed by atoms with Crippen LogP contribution in [-0.2, 0) is 4.79 Å². The molecule has 0 bridgehead atoms. The second kappa shape index (κ2) is 8.23. The zero-order chi connectivity index (χ0) is 21.7. The summed E-state index contributed by atoms with van der Waals surface area (Å²) in [6.45, 7) is 12.2. The van der Waals surface area contributed by atoms with Gasteiger partial charge >= 0.3 is 0 Å². The molecule has 2 nitrogen and oxygen atoms in total. The predicted molar refractivity (Wildman–Crippen MR) is 124 cm³/mol. The van der Waals surface area contributed by atoms with Crippen LogP contribution in [0.4, 0.5) is 0 Å². The maximum absolute atomic E-state index is 12.1. The molecule has 0 aromatic carbocycles. The molecule has 0 saturated heterocycles. The van der Waals surface area contributed by atoms with Crippen molar-refractivity contribution in [2.75, 3.05) is 6.61 Å². The average molecular weight is 413 g/mol. The monoisotopic (exact) mass is 412 g/mol. The molecule has 3 fully saturated rings. The first-order chi connectivity index (χ1) is 14.2. The van der Waals surface area contributed by atoms with Gasteiger partial charge in [-0.2, -0.15) is 0 Å². The zero-order valence-electron chi connectivity index (χ0n) is 20.0. The van der Waals surface area contributed by atoms with Gasteiger partial charge in [-0.25, -0.2) is 0 Å². The van der Waals surface area contributed by atoms with Crippen LogP contribution in [0.25, 0.3) is 0 Å². The second-order valence-electron chi connectivity index (χ2n) is 12.0. The van der Waals surface area contributed by atoms with Gasteiger partial charge in [-0.05, 0) is 90.8 Å². The van der Waals surface area contributed by atoms with Gasteiger partial charge in [0.2, 0.25) is 0 Å². The van der Waals surface area contributed by atoms with Crippen molar-refractivity contribution in [3.8, 4) is 0 Å². The van der Waals surface area contributed by atoms with E-state index in [1.54, 1.807) is 5.57 Å². The zero-order valence-corrected chi connectivity index (χ0v) is 20.0. The molecule has 3 saturated carbocycles. The van der Waals surface area contributed by atoms with E-state index in [9.17, 15) is 9.90 Å². The minimum Gasteiger partial charge on any atom is -0.396 e. The number of rotatable bonds is 5. The van der Waals surface area contributed by atoms with E-state index in [1.165, 1.54) is 25.7 Å². The Morgan fingerprint density at radius 2 is 1.80 bits per heavy atom. The van der Waals surface area contributed by atoms with Crippen LogP contribution in [0.5, 0.6) is 0 Å². The van der Waals surface area contributed by atoms with Crippen LogP contribution in [0.3, 0.4) is 0 Å². The fourth-order valence-corrected chi connectivity index (χ4v) is 8.05. The van der Waals surface area contributed by atoms with Crippen LogP contribution in [0.15, 0.2) is 23.8 Å². The number of carbonyl (C=O) groups is 1. The quantitative estimate of drug-likeness (QED) is 0.517. The number of allylic oxidation sites excluding steroid dienone is 4. The number of Topliss-reactive ketones (excluding diaryl/α,β-unsaturated/α-hetero) is 1. The largest absolute Gasteiger partial charge is 0.396 e. The Morgan fingerprint density at radius 1 is 1.07 bits per heavy atom. The lowest BCUT2D eigenvalue weighted by atomic mass is 9.48. The highest BCUT2D eigenvalue weighted by atomic mass is 16.3. The normalized spacial score (nSPS) is 44.1. The van der Waals surface area contributed by atoms with E-state index in [4.69, 9.17) is 0 Å². The lowest BCUT2D eigenvalue weighted by molar-refractivity contribution is -0.127. The van der Waals surface area contributed by atoms with E-state index < -0.39 is 0 Å². The summed E-state index contributed by atoms with van der Waals surface area (Å²) in [5.41, 5.74) is 2.57. The number of carbonyl (C=O) groups excluding carboxylic acids is 1. The number of fused-ring (bicyclic) bond motifs is 5. The summed E-state index contributed by atoms with van der Waals surface area (Å²) in [7, 11) is 0. The highest BCUT2D eigenvalue weighted by Gasteiger charge is 2.58. The molecule has 1 unspecified atom stereocenters. The van der Waals surface area contributed by atoms with Crippen molar-refractivity contribution in [2.45, 2.75) is 86.0 Å². The third kappa shape index (κ3) is 3.55.